The van der Waals surface area contributed by atoms with Crippen LogP contribution in [0.5, 0.6) is 0 Å². The number of ether oxygens (including phenoxy) is 1. The predicted octanol–water partition coefficient (Wildman–Crippen LogP) is 3.50. The van der Waals surface area contributed by atoms with Crippen LogP contribution >= 0.6 is 11.6 Å². The van der Waals surface area contributed by atoms with Crippen LogP contribution in [0.2, 0.25) is 5.02 Å². The molecular weight excluding hydrogens is 395 g/mol. The number of amides is 1. The molecule has 0 aliphatic carbocycles. The van der Waals surface area contributed by atoms with Crippen LogP contribution in [0.25, 0.3) is 22.2 Å². The maximum absolute atomic E-state index is 13.3. The molecule has 0 unspecified atom stereocenters. The summed E-state index contributed by atoms with van der Waals surface area (Å²) in [5, 5.41) is 3.58. The number of fused-ring (bicyclic) bond motifs is 1. The summed E-state index contributed by atoms with van der Waals surface area (Å²) in [6, 6.07) is 9.57. The first-order valence-electron chi connectivity index (χ1n) is 9.45. The SMILES string of the molecule is CCOCCn1c(CN[C@@H](C)C(N)=O)nc2c(Cl)cc(-c3ccc(F)cc3)cc21. The second-order valence-corrected chi connectivity index (χ2v) is 7.12. The van der Waals surface area contributed by atoms with Crippen molar-refractivity contribution in [2.75, 3.05) is 13.2 Å². The van der Waals surface area contributed by atoms with E-state index >= 15 is 0 Å². The Morgan fingerprint density at radius 3 is 2.69 bits per heavy atom. The van der Waals surface area contributed by atoms with Gasteiger partial charge in [-0.2, -0.15) is 0 Å². The molecule has 6 nitrogen and oxygen atoms in total. The van der Waals surface area contributed by atoms with Crippen LogP contribution in [0, 0.1) is 5.82 Å². The number of benzene rings is 2. The third kappa shape index (κ3) is 4.93. The molecular formula is C21H24ClFN4O2. The average molecular weight is 419 g/mol. The van der Waals surface area contributed by atoms with Crippen molar-refractivity contribution >= 4 is 28.5 Å². The van der Waals surface area contributed by atoms with E-state index in [9.17, 15) is 9.18 Å². The van der Waals surface area contributed by atoms with Crippen molar-refractivity contribution in [3.05, 3.63) is 53.1 Å². The number of hydrogen-bond acceptors (Lipinski definition) is 4. The molecule has 1 aromatic heterocycles. The second-order valence-electron chi connectivity index (χ2n) is 6.71. The highest BCUT2D eigenvalue weighted by Crippen LogP contribution is 2.31. The largest absolute Gasteiger partial charge is 0.380 e. The number of aromatic nitrogens is 2. The molecule has 0 aliphatic rings. The van der Waals surface area contributed by atoms with E-state index in [-0.39, 0.29) is 5.82 Å². The molecule has 8 heteroatoms. The van der Waals surface area contributed by atoms with E-state index in [1.807, 2.05) is 23.6 Å². The van der Waals surface area contributed by atoms with Crippen LogP contribution in [0.15, 0.2) is 36.4 Å². The molecule has 0 saturated carbocycles. The van der Waals surface area contributed by atoms with E-state index < -0.39 is 11.9 Å². The van der Waals surface area contributed by atoms with Gasteiger partial charge in [-0.1, -0.05) is 23.7 Å². The Balaban J connectivity index is 2.03. The fraction of sp³-hybridized carbons (Fsp3) is 0.333. The Morgan fingerprint density at radius 1 is 1.31 bits per heavy atom. The number of nitrogens with two attached hydrogens (primary N) is 1. The predicted molar refractivity (Wildman–Crippen MR) is 112 cm³/mol. The summed E-state index contributed by atoms with van der Waals surface area (Å²) < 4.78 is 20.8. The molecule has 29 heavy (non-hydrogen) atoms. The molecule has 0 radical (unpaired) electrons. The van der Waals surface area contributed by atoms with Crippen molar-refractivity contribution in [1.82, 2.24) is 14.9 Å². The number of carbonyl (C=O) groups is 1. The van der Waals surface area contributed by atoms with Crippen LogP contribution in [0.3, 0.4) is 0 Å². The van der Waals surface area contributed by atoms with Crippen LogP contribution in [-0.2, 0) is 22.6 Å². The van der Waals surface area contributed by atoms with Gasteiger partial charge < -0.3 is 15.0 Å². The van der Waals surface area contributed by atoms with Gasteiger partial charge in [0.2, 0.25) is 5.91 Å². The molecule has 154 valence electrons. The molecule has 2 aromatic carbocycles. The average Bonchev–Trinajstić information content (AvgIpc) is 3.05. The smallest absolute Gasteiger partial charge is 0.234 e. The highest BCUT2D eigenvalue weighted by atomic mass is 35.5. The van der Waals surface area contributed by atoms with E-state index in [0.717, 1.165) is 22.5 Å². The number of carbonyl (C=O) groups excluding carboxylic acids is 1. The summed E-state index contributed by atoms with van der Waals surface area (Å²) in [4.78, 5) is 16.0. The number of nitrogens with zero attached hydrogens (tertiary/aromatic N) is 2. The van der Waals surface area contributed by atoms with Gasteiger partial charge in [-0.15, -0.1) is 0 Å². The van der Waals surface area contributed by atoms with Gasteiger partial charge in [0.05, 0.1) is 29.7 Å². The number of nitrogens with one attached hydrogen (secondary N) is 1. The van der Waals surface area contributed by atoms with Gasteiger partial charge >= 0.3 is 0 Å². The first-order valence-corrected chi connectivity index (χ1v) is 9.83. The van der Waals surface area contributed by atoms with E-state index in [2.05, 4.69) is 10.3 Å². The Kier molecular flexibility index (Phi) is 6.84. The Hall–Kier alpha value is -2.48. The van der Waals surface area contributed by atoms with Crippen LogP contribution in [0.1, 0.15) is 19.7 Å². The summed E-state index contributed by atoms with van der Waals surface area (Å²) in [6.45, 7) is 5.70. The minimum absolute atomic E-state index is 0.292. The maximum Gasteiger partial charge on any atom is 0.234 e. The lowest BCUT2D eigenvalue weighted by molar-refractivity contribution is -0.119. The molecule has 1 heterocycles. The zero-order chi connectivity index (χ0) is 21.0. The summed E-state index contributed by atoms with van der Waals surface area (Å²) in [6.07, 6.45) is 0. The van der Waals surface area contributed by atoms with Crippen molar-refractivity contribution < 1.29 is 13.9 Å². The van der Waals surface area contributed by atoms with E-state index in [0.29, 0.717) is 36.8 Å². The number of rotatable bonds is 9. The molecule has 0 saturated heterocycles. The fourth-order valence-corrected chi connectivity index (χ4v) is 3.32. The standard InChI is InChI=1S/C21H24ClFN4O2/c1-3-29-9-8-27-18-11-15(14-4-6-16(23)7-5-14)10-17(22)20(18)26-19(27)12-25-13(2)21(24)28/h4-7,10-11,13,25H,3,8-9,12H2,1-2H3,(H2,24,28)/t13-/m0/s1. The van der Waals surface area contributed by atoms with Gasteiger partial charge in [0.25, 0.3) is 0 Å². The molecule has 3 aromatic rings. The Morgan fingerprint density at radius 2 is 2.03 bits per heavy atom. The normalized spacial score (nSPS) is 12.4. The molecule has 3 N–H and O–H groups in total. The zero-order valence-electron chi connectivity index (χ0n) is 16.4. The van der Waals surface area contributed by atoms with Crippen molar-refractivity contribution in [3.8, 4) is 11.1 Å². The topological polar surface area (TPSA) is 82.2 Å². The van der Waals surface area contributed by atoms with Gasteiger partial charge in [-0.05, 0) is 49.2 Å². The second kappa shape index (κ2) is 9.35. The summed E-state index contributed by atoms with van der Waals surface area (Å²) in [5.41, 5.74) is 8.57. The van der Waals surface area contributed by atoms with Crippen LogP contribution in [0.4, 0.5) is 4.39 Å². The molecule has 0 fully saturated rings. The molecule has 0 bridgehead atoms. The highest BCUT2D eigenvalue weighted by molar-refractivity contribution is 6.35. The molecule has 3 rings (SSSR count). The number of imidazole rings is 1. The highest BCUT2D eigenvalue weighted by Gasteiger charge is 2.17. The summed E-state index contributed by atoms with van der Waals surface area (Å²) in [5.74, 6) is 0.00387. The van der Waals surface area contributed by atoms with Crippen molar-refractivity contribution in [3.63, 3.8) is 0 Å². The van der Waals surface area contributed by atoms with Crippen molar-refractivity contribution in [1.29, 1.82) is 0 Å². The van der Waals surface area contributed by atoms with Gasteiger partial charge in [0, 0.05) is 13.2 Å². The minimum atomic E-state index is -0.486. The molecule has 1 atom stereocenters. The quantitative estimate of drug-likeness (QED) is 0.521. The summed E-state index contributed by atoms with van der Waals surface area (Å²) in [7, 11) is 0. The van der Waals surface area contributed by atoms with Crippen LogP contribution < -0.4 is 11.1 Å². The first-order chi connectivity index (χ1) is 13.9. The zero-order valence-corrected chi connectivity index (χ0v) is 17.2. The van der Waals surface area contributed by atoms with Gasteiger partial charge in [-0.25, -0.2) is 9.37 Å². The minimum Gasteiger partial charge on any atom is -0.380 e. The third-order valence-electron chi connectivity index (χ3n) is 4.72. The number of hydrogen-bond donors (Lipinski definition) is 2. The summed E-state index contributed by atoms with van der Waals surface area (Å²) >= 11 is 6.53. The Labute approximate surface area is 173 Å². The Bertz CT molecular complexity index is 1000. The van der Waals surface area contributed by atoms with Crippen LogP contribution in [-0.4, -0.2) is 34.7 Å². The molecule has 1 amide bonds. The maximum atomic E-state index is 13.3. The van der Waals surface area contributed by atoms with E-state index in [1.165, 1.54) is 12.1 Å². The van der Waals surface area contributed by atoms with E-state index in [4.69, 9.17) is 22.1 Å². The van der Waals surface area contributed by atoms with Gasteiger partial charge in [-0.3, -0.25) is 10.1 Å². The van der Waals surface area contributed by atoms with Gasteiger partial charge in [0.15, 0.2) is 0 Å². The number of primary amides is 1. The molecule has 0 spiro atoms. The number of halogens is 2. The molecule has 0 aliphatic heterocycles. The lowest BCUT2D eigenvalue weighted by Crippen LogP contribution is -2.38. The third-order valence-corrected chi connectivity index (χ3v) is 5.01. The fourth-order valence-electron chi connectivity index (χ4n) is 3.07. The first kappa shape index (κ1) is 21.2. The van der Waals surface area contributed by atoms with E-state index in [1.54, 1.807) is 19.1 Å². The monoisotopic (exact) mass is 418 g/mol. The lowest BCUT2D eigenvalue weighted by atomic mass is 10.1. The van der Waals surface area contributed by atoms with Crippen molar-refractivity contribution in [2.24, 2.45) is 5.73 Å². The lowest BCUT2D eigenvalue weighted by Gasteiger charge is -2.13. The van der Waals surface area contributed by atoms with Crippen molar-refractivity contribution in [2.45, 2.75) is 33.0 Å². The van der Waals surface area contributed by atoms with Gasteiger partial charge in [0.1, 0.15) is 17.2 Å².